The first-order chi connectivity index (χ1) is 11.6. The number of carbonyl (C=O) groups is 1. The van der Waals surface area contributed by atoms with Crippen molar-refractivity contribution in [3.05, 3.63) is 58.4 Å². The lowest BCUT2D eigenvalue weighted by Gasteiger charge is -2.11. The van der Waals surface area contributed by atoms with Crippen molar-refractivity contribution in [2.24, 2.45) is 0 Å². The zero-order valence-corrected chi connectivity index (χ0v) is 13.9. The van der Waals surface area contributed by atoms with Gasteiger partial charge >= 0.3 is 0 Å². The van der Waals surface area contributed by atoms with E-state index in [1.54, 1.807) is 37.6 Å². The minimum atomic E-state index is -0.195. The van der Waals surface area contributed by atoms with Gasteiger partial charge in [-0.05, 0) is 29.8 Å². The lowest BCUT2D eigenvalue weighted by molar-refractivity contribution is 0.0937. The summed E-state index contributed by atoms with van der Waals surface area (Å²) < 4.78 is 4.90. The van der Waals surface area contributed by atoms with E-state index in [9.17, 15) is 4.79 Å². The number of ether oxygens (including phenoxy) is 1. The molecule has 0 unspecified atom stereocenters. The van der Waals surface area contributed by atoms with Gasteiger partial charge in [0.2, 0.25) is 0 Å². The molecule has 1 aromatic carbocycles. The lowest BCUT2D eigenvalue weighted by Crippen LogP contribution is -2.26. The van der Waals surface area contributed by atoms with E-state index < -0.39 is 0 Å². The van der Waals surface area contributed by atoms with E-state index in [0.717, 1.165) is 5.56 Å². The first-order valence-electron chi connectivity index (χ1n) is 7.28. The standard InChI is InChI=1S/C17H17ClN4O2/c1-24-5-4-21-17(23)14-2-3-15(18)16(7-14)22-11-13-6-12(8-19)9-20-10-13/h2-3,6-7,9-10,22H,4-5,11H2,1H3,(H,21,23). The van der Waals surface area contributed by atoms with Crippen LogP contribution in [0, 0.1) is 11.3 Å². The molecule has 2 aromatic rings. The SMILES string of the molecule is COCCNC(=O)c1ccc(Cl)c(NCc2cncc(C#N)c2)c1. The van der Waals surface area contributed by atoms with E-state index in [2.05, 4.69) is 15.6 Å². The molecule has 0 spiro atoms. The lowest BCUT2D eigenvalue weighted by atomic mass is 10.1. The summed E-state index contributed by atoms with van der Waals surface area (Å²) in [6.45, 7) is 1.33. The molecule has 2 N–H and O–H groups in total. The number of nitrogens with zero attached hydrogens (tertiary/aromatic N) is 2. The Kier molecular flexibility index (Phi) is 6.55. The molecule has 6 nitrogen and oxygen atoms in total. The Bertz CT molecular complexity index is 758. The van der Waals surface area contributed by atoms with E-state index in [1.807, 2.05) is 6.07 Å². The highest BCUT2D eigenvalue weighted by atomic mass is 35.5. The Morgan fingerprint density at radius 1 is 1.38 bits per heavy atom. The van der Waals surface area contributed by atoms with Crippen LogP contribution in [0.15, 0.2) is 36.7 Å². The van der Waals surface area contributed by atoms with Gasteiger partial charge in [-0.1, -0.05) is 11.6 Å². The smallest absolute Gasteiger partial charge is 0.251 e. The molecule has 0 radical (unpaired) electrons. The minimum absolute atomic E-state index is 0.195. The molecule has 0 atom stereocenters. The predicted octanol–water partition coefficient (Wildman–Crippen LogP) is 2.59. The molecule has 1 amide bonds. The zero-order valence-electron chi connectivity index (χ0n) is 13.2. The van der Waals surface area contributed by atoms with Crippen LogP contribution in [0.2, 0.25) is 5.02 Å². The number of hydrogen-bond acceptors (Lipinski definition) is 5. The molecule has 1 aromatic heterocycles. The van der Waals surface area contributed by atoms with Crippen molar-refractivity contribution in [2.45, 2.75) is 6.54 Å². The quantitative estimate of drug-likeness (QED) is 0.754. The fourth-order valence-electron chi connectivity index (χ4n) is 2.01. The zero-order chi connectivity index (χ0) is 17.4. The number of benzene rings is 1. The van der Waals surface area contributed by atoms with Gasteiger partial charge in [-0.15, -0.1) is 0 Å². The number of hydrogen-bond donors (Lipinski definition) is 2. The first-order valence-corrected chi connectivity index (χ1v) is 7.66. The van der Waals surface area contributed by atoms with Crippen molar-refractivity contribution in [1.29, 1.82) is 5.26 Å². The van der Waals surface area contributed by atoms with E-state index >= 15 is 0 Å². The van der Waals surface area contributed by atoms with Gasteiger partial charge in [-0.25, -0.2) is 0 Å². The number of methoxy groups -OCH3 is 1. The van der Waals surface area contributed by atoms with Crippen LogP contribution in [0.1, 0.15) is 21.5 Å². The van der Waals surface area contributed by atoms with Gasteiger partial charge < -0.3 is 15.4 Å². The van der Waals surface area contributed by atoms with Gasteiger partial charge in [-0.3, -0.25) is 9.78 Å². The van der Waals surface area contributed by atoms with Crippen molar-refractivity contribution in [2.75, 3.05) is 25.6 Å². The maximum atomic E-state index is 12.1. The van der Waals surface area contributed by atoms with Crippen molar-refractivity contribution < 1.29 is 9.53 Å². The largest absolute Gasteiger partial charge is 0.383 e. The Morgan fingerprint density at radius 2 is 2.21 bits per heavy atom. The van der Waals surface area contributed by atoms with Gasteiger partial charge in [0.05, 0.1) is 22.9 Å². The maximum Gasteiger partial charge on any atom is 0.251 e. The fourth-order valence-corrected chi connectivity index (χ4v) is 2.20. The second kappa shape index (κ2) is 8.87. The molecule has 0 bridgehead atoms. The summed E-state index contributed by atoms with van der Waals surface area (Å²) in [6, 6.07) is 8.80. The normalized spacial score (nSPS) is 10.0. The Hall–Kier alpha value is -2.62. The monoisotopic (exact) mass is 344 g/mol. The molecule has 0 saturated carbocycles. The highest BCUT2D eigenvalue weighted by Gasteiger charge is 2.09. The van der Waals surface area contributed by atoms with E-state index in [-0.39, 0.29) is 5.91 Å². The molecule has 2 rings (SSSR count). The van der Waals surface area contributed by atoms with Gasteiger partial charge in [0.15, 0.2) is 0 Å². The van der Waals surface area contributed by atoms with Crippen LogP contribution in [0.3, 0.4) is 0 Å². The summed E-state index contributed by atoms with van der Waals surface area (Å²) in [5.41, 5.74) is 2.48. The van der Waals surface area contributed by atoms with Gasteiger partial charge in [0, 0.05) is 38.2 Å². The van der Waals surface area contributed by atoms with Gasteiger partial charge in [-0.2, -0.15) is 5.26 Å². The van der Waals surface area contributed by atoms with E-state index in [0.29, 0.717) is 41.5 Å². The number of anilines is 1. The number of nitrogens with one attached hydrogen (secondary N) is 2. The van der Waals surface area contributed by atoms with Crippen molar-refractivity contribution >= 4 is 23.2 Å². The molecular formula is C17H17ClN4O2. The number of aromatic nitrogens is 1. The second-order valence-corrected chi connectivity index (χ2v) is 5.40. The van der Waals surface area contributed by atoms with Crippen LogP contribution >= 0.6 is 11.6 Å². The van der Waals surface area contributed by atoms with Crippen LogP contribution < -0.4 is 10.6 Å². The van der Waals surface area contributed by atoms with Crippen molar-refractivity contribution in [1.82, 2.24) is 10.3 Å². The second-order valence-electron chi connectivity index (χ2n) is 4.99. The Labute approximate surface area is 145 Å². The van der Waals surface area contributed by atoms with Crippen molar-refractivity contribution in [3.8, 4) is 6.07 Å². The predicted molar refractivity (Wildman–Crippen MR) is 91.9 cm³/mol. The topological polar surface area (TPSA) is 87.0 Å². The maximum absolute atomic E-state index is 12.1. The van der Waals surface area contributed by atoms with Crippen LogP contribution in [-0.2, 0) is 11.3 Å². The third-order valence-electron chi connectivity index (χ3n) is 3.23. The molecule has 24 heavy (non-hydrogen) atoms. The van der Waals surface area contributed by atoms with E-state index in [4.69, 9.17) is 21.6 Å². The van der Waals surface area contributed by atoms with Gasteiger partial charge in [0.25, 0.3) is 5.91 Å². The molecule has 7 heteroatoms. The van der Waals surface area contributed by atoms with Crippen molar-refractivity contribution in [3.63, 3.8) is 0 Å². The summed E-state index contributed by atoms with van der Waals surface area (Å²) in [5.74, 6) is -0.195. The summed E-state index contributed by atoms with van der Waals surface area (Å²) in [4.78, 5) is 16.1. The summed E-state index contributed by atoms with van der Waals surface area (Å²) in [6.07, 6.45) is 3.17. The molecule has 0 saturated heterocycles. The highest BCUT2D eigenvalue weighted by molar-refractivity contribution is 6.33. The molecule has 0 aliphatic carbocycles. The van der Waals surface area contributed by atoms with Crippen LogP contribution in [0.5, 0.6) is 0 Å². The number of nitriles is 1. The van der Waals surface area contributed by atoms with Crippen LogP contribution in [0.4, 0.5) is 5.69 Å². The molecule has 0 aliphatic rings. The number of halogens is 1. The number of amides is 1. The van der Waals surface area contributed by atoms with Crippen LogP contribution in [-0.4, -0.2) is 31.2 Å². The third kappa shape index (κ3) is 4.95. The molecular weight excluding hydrogens is 328 g/mol. The van der Waals surface area contributed by atoms with E-state index in [1.165, 1.54) is 6.20 Å². The summed E-state index contributed by atoms with van der Waals surface area (Å²) in [7, 11) is 1.58. The van der Waals surface area contributed by atoms with Gasteiger partial charge in [0.1, 0.15) is 6.07 Å². The molecule has 0 fully saturated rings. The highest BCUT2D eigenvalue weighted by Crippen LogP contribution is 2.23. The average Bonchev–Trinajstić information content (AvgIpc) is 2.61. The van der Waals surface area contributed by atoms with Crippen LogP contribution in [0.25, 0.3) is 0 Å². The number of rotatable bonds is 7. The summed E-state index contributed by atoms with van der Waals surface area (Å²) in [5, 5.41) is 15.3. The number of carbonyl (C=O) groups excluding carboxylic acids is 1. The minimum Gasteiger partial charge on any atom is -0.383 e. The molecule has 1 heterocycles. The molecule has 0 aliphatic heterocycles. The third-order valence-corrected chi connectivity index (χ3v) is 3.56. The first kappa shape index (κ1) is 17.7. The Morgan fingerprint density at radius 3 is 2.96 bits per heavy atom. The summed E-state index contributed by atoms with van der Waals surface area (Å²) >= 11 is 6.17. The number of pyridine rings is 1. The molecule has 124 valence electrons. The fraction of sp³-hybridized carbons (Fsp3) is 0.235. The Balaban J connectivity index is 2.05. The average molecular weight is 345 g/mol.